The summed E-state index contributed by atoms with van der Waals surface area (Å²) in [6.45, 7) is -0.665. The zero-order valence-electron chi connectivity index (χ0n) is 11.2. The van der Waals surface area contributed by atoms with E-state index in [-0.39, 0.29) is 13.0 Å². The number of carbonyl (C=O) groups excluding carboxylic acids is 1. The molecule has 1 saturated heterocycles. The number of hydrogen-bond donors (Lipinski definition) is 4. The van der Waals surface area contributed by atoms with Crippen molar-refractivity contribution in [3.63, 3.8) is 0 Å². The average molecular weight is 350 g/mol. The molecule has 0 saturated carbocycles. The Kier molecular flexibility index (Phi) is 6.37. The van der Waals surface area contributed by atoms with Crippen LogP contribution in [0, 0.1) is 0 Å². The molecular weight excluding hydrogens is 331 g/mol. The number of aliphatic hydroxyl groups is 2. The zero-order valence-corrected chi connectivity index (χ0v) is 12.1. The van der Waals surface area contributed by atoms with Crippen molar-refractivity contribution >= 4 is 13.7 Å². The van der Waals surface area contributed by atoms with Gasteiger partial charge in [0.15, 0.2) is 18.5 Å². The minimum absolute atomic E-state index is 0. The van der Waals surface area contributed by atoms with Gasteiger partial charge in [-0.3, -0.25) is 9.36 Å². The molecular formula is C12H19N2O8P. The first-order valence-corrected chi connectivity index (χ1v) is 7.69. The van der Waals surface area contributed by atoms with E-state index < -0.39 is 44.9 Å². The highest BCUT2D eigenvalue weighted by Gasteiger charge is 2.48. The Morgan fingerprint density at radius 3 is 2.70 bits per heavy atom. The van der Waals surface area contributed by atoms with Crippen LogP contribution in [0.4, 0.5) is 0 Å². The number of nitrogens with two attached hydrogens (primary N) is 1. The molecule has 1 amide bonds. The van der Waals surface area contributed by atoms with Gasteiger partial charge in [-0.05, 0) is 6.07 Å². The Labute approximate surface area is 132 Å². The molecule has 23 heavy (non-hydrogen) atoms. The number of amides is 1. The van der Waals surface area contributed by atoms with Crippen molar-refractivity contribution in [2.75, 3.05) is 6.61 Å². The van der Waals surface area contributed by atoms with Crippen LogP contribution in [0.1, 0.15) is 24.0 Å². The Bertz CT molecular complexity index is 606. The number of phosphoric ester groups is 1. The predicted molar refractivity (Wildman–Crippen MR) is 73.6 cm³/mol. The number of ether oxygens (including phenoxy) is 1. The first-order chi connectivity index (χ1) is 10.2. The van der Waals surface area contributed by atoms with Crippen LogP contribution in [0.5, 0.6) is 0 Å². The first-order valence-electron chi connectivity index (χ1n) is 6.19. The fourth-order valence-electron chi connectivity index (χ4n) is 2.08. The summed E-state index contributed by atoms with van der Waals surface area (Å²) < 4.78 is 21.3. The van der Waals surface area contributed by atoms with Crippen molar-refractivity contribution in [3.8, 4) is 0 Å². The van der Waals surface area contributed by atoms with E-state index in [0.29, 0.717) is 0 Å². The molecule has 1 aliphatic heterocycles. The summed E-state index contributed by atoms with van der Waals surface area (Å²) in [4.78, 5) is 30.2. The van der Waals surface area contributed by atoms with Crippen molar-refractivity contribution in [1.82, 2.24) is 0 Å². The van der Waals surface area contributed by atoms with Gasteiger partial charge in [0.2, 0.25) is 0 Å². The summed E-state index contributed by atoms with van der Waals surface area (Å²) in [6.07, 6.45) is -2.31. The number of aromatic nitrogens is 1. The molecule has 5 N–H and O–H groups in total. The molecule has 0 radical (unpaired) electrons. The maximum atomic E-state index is 11.1. The Morgan fingerprint density at radius 1 is 1.48 bits per heavy atom. The van der Waals surface area contributed by atoms with E-state index >= 15 is 0 Å². The number of primary amides is 1. The minimum atomic E-state index is -4.97. The second-order valence-electron chi connectivity index (χ2n) is 4.71. The number of carbonyl (C=O) groups is 1. The smallest absolute Gasteiger partial charge is 0.292 e. The molecule has 1 aliphatic rings. The Balaban J connectivity index is 0.00000264. The zero-order chi connectivity index (χ0) is 16.5. The lowest BCUT2D eigenvalue weighted by atomic mass is 10.1. The molecule has 1 fully saturated rings. The van der Waals surface area contributed by atoms with Crippen LogP contribution >= 0.6 is 7.82 Å². The molecule has 0 bridgehead atoms. The lowest BCUT2D eigenvalue weighted by Gasteiger charge is -2.19. The third kappa shape index (κ3) is 4.79. The van der Waals surface area contributed by atoms with Gasteiger partial charge in [-0.1, -0.05) is 7.43 Å². The van der Waals surface area contributed by atoms with Crippen LogP contribution < -0.4 is 15.2 Å². The van der Waals surface area contributed by atoms with E-state index in [1.54, 1.807) is 0 Å². The molecule has 0 aliphatic carbocycles. The van der Waals surface area contributed by atoms with E-state index in [2.05, 4.69) is 4.52 Å². The predicted octanol–water partition coefficient (Wildman–Crippen LogP) is -2.19. The Morgan fingerprint density at radius 2 is 2.13 bits per heavy atom. The molecule has 2 heterocycles. The summed E-state index contributed by atoms with van der Waals surface area (Å²) in [6, 6.07) is 2.95. The van der Waals surface area contributed by atoms with Gasteiger partial charge in [0.1, 0.15) is 17.8 Å². The van der Waals surface area contributed by atoms with Crippen molar-refractivity contribution in [3.05, 3.63) is 30.1 Å². The fraction of sp³-hybridized carbons (Fsp3) is 0.500. The van der Waals surface area contributed by atoms with Crippen LogP contribution in [0.25, 0.3) is 0 Å². The second-order valence-corrected chi connectivity index (χ2v) is 5.91. The largest absolute Gasteiger partial charge is 0.756 e. The molecule has 0 spiro atoms. The van der Waals surface area contributed by atoms with Gasteiger partial charge in [0.05, 0.1) is 6.61 Å². The van der Waals surface area contributed by atoms with Crippen molar-refractivity contribution in [2.45, 2.75) is 32.0 Å². The Hall–Kier alpha value is -1.39. The summed E-state index contributed by atoms with van der Waals surface area (Å²) in [5.74, 6) is -0.685. The maximum Gasteiger partial charge on any atom is 0.292 e. The van der Waals surface area contributed by atoms with E-state index in [9.17, 15) is 24.5 Å². The molecule has 130 valence electrons. The van der Waals surface area contributed by atoms with Crippen LogP contribution in [0.15, 0.2) is 24.5 Å². The summed E-state index contributed by atoms with van der Waals surface area (Å²) in [5, 5.41) is 19.8. The molecule has 0 aromatic carbocycles. The third-order valence-corrected chi connectivity index (χ3v) is 3.62. The first kappa shape index (κ1) is 19.7. The van der Waals surface area contributed by atoms with Crippen molar-refractivity contribution in [2.24, 2.45) is 5.73 Å². The molecule has 10 nitrogen and oxygen atoms in total. The normalized spacial score (nSPS) is 29.6. The summed E-state index contributed by atoms with van der Waals surface area (Å²) >= 11 is 0. The monoisotopic (exact) mass is 350 g/mol. The number of nitrogens with zero attached hydrogens (tertiary/aromatic N) is 1. The molecule has 1 aromatic heterocycles. The number of aliphatic hydroxyl groups excluding tert-OH is 2. The molecule has 2 rings (SSSR count). The van der Waals surface area contributed by atoms with Crippen LogP contribution in [0.3, 0.4) is 0 Å². The number of phosphoric acid groups is 1. The van der Waals surface area contributed by atoms with E-state index in [1.165, 1.54) is 29.1 Å². The van der Waals surface area contributed by atoms with Gasteiger partial charge in [-0.2, -0.15) is 4.57 Å². The number of rotatable bonds is 5. The van der Waals surface area contributed by atoms with Gasteiger partial charge in [-0.25, -0.2) is 0 Å². The fourth-order valence-corrected chi connectivity index (χ4v) is 2.41. The minimum Gasteiger partial charge on any atom is -0.756 e. The molecule has 5 atom stereocenters. The summed E-state index contributed by atoms with van der Waals surface area (Å²) in [7, 11) is -4.97. The van der Waals surface area contributed by atoms with E-state index in [0.717, 1.165) is 0 Å². The van der Waals surface area contributed by atoms with Gasteiger partial charge < -0.3 is 35.0 Å². The number of pyridine rings is 1. The van der Waals surface area contributed by atoms with E-state index in [1.807, 2.05) is 0 Å². The van der Waals surface area contributed by atoms with Crippen molar-refractivity contribution < 1.29 is 43.2 Å². The van der Waals surface area contributed by atoms with Crippen LogP contribution in [0.2, 0.25) is 0 Å². The van der Waals surface area contributed by atoms with Gasteiger partial charge in [0.25, 0.3) is 20.0 Å². The topological polar surface area (TPSA) is 166 Å². The van der Waals surface area contributed by atoms with Crippen LogP contribution in [-0.4, -0.2) is 45.9 Å². The van der Waals surface area contributed by atoms with Gasteiger partial charge in [-0.15, -0.1) is 0 Å². The average Bonchev–Trinajstić information content (AvgIpc) is 2.72. The van der Waals surface area contributed by atoms with Gasteiger partial charge in [0, 0.05) is 6.07 Å². The highest BCUT2D eigenvalue weighted by atomic mass is 31.2. The van der Waals surface area contributed by atoms with Crippen molar-refractivity contribution in [1.29, 1.82) is 0 Å². The molecule has 11 heteroatoms. The maximum absolute atomic E-state index is 11.1. The molecule has 1 unspecified atom stereocenters. The highest BCUT2D eigenvalue weighted by molar-refractivity contribution is 7.44. The number of hydrogen-bond acceptors (Lipinski definition) is 7. The standard InChI is InChI=1S/C11H15N2O8P.CH4/c12-10(16)6-2-1-3-13(4-6)11-9(15)8(14)7(21-11)5-20-22(17,18)19;/h1-4,7-9,11,14-15H,5H2,(H3-,12,16,17,18,19);1H4/t7-,8-,9-,11-;/m1./s1. The lowest BCUT2D eigenvalue weighted by molar-refractivity contribution is -0.765. The SMILES string of the molecule is C.NC(=O)c1ccc[n+]([C@@H]2O[C@H](COP(=O)([O-])O)[C@@H](O)[C@H]2O)c1. The molecule has 1 aromatic rings. The van der Waals surface area contributed by atoms with E-state index in [4.69, 9.17) is 15.4 Å². The third-order valence-electron chi connectivity index (χ3n) is 3.14. The van der Waals surface area contributed by atoms with Gasteiger partial charge >= 0.3 is 0 Å². The van der Waals surface area contributed by atoms with Crippen LogP contribution in [-0.2, 0) is 13.8 Å². The highest BCUT2D eigenvalue weighted by Crippen LogP contribution is 2.33. The quantitative estimate of drug-likeness (QED) is 0.343. The second kappa shape index (κ2) is 7.45. The lowest BCUT2D eigenvalue weighted by Crippen LogP contribution is -2.46. The summed E-state index contributed by atoms with van der Waals surface area (Å²) in [5.41, 5.74) is 5.31.